The number of thiophene rings is 1. The normalized spacial score (nSPS) is 10.8. The molecule has 2 rings (SSSR count). The van der Waals surface area contributed by atoms with Crippen LogP contribution in [-0.2, 0) is 13.0 Å². The second kappa shape index (κ2) is 11.9. The van der Waals surface area contributed by atoms with Gasteiger partial charge in [-0.1, -0.05) is 6.07 Å². The molecule has 0 radical (unpaired) electrons. The van der Waals surface area contributed by atoms with Crippen LogP contribution >= 0.6 is 35.3 Å². The molecule has 0 aliphatic heterocycles. The van der Waals surface area contributed by atoms with Gasteiger partial charge in [0.05, 0.1) is 21.3 Å². The summed E-state index contributed by atoms with van der Waals surface area (Å²) in [6.07, 6.45) is 0.995. The van der Waals surface area contributed by atoms with E-state index in [1.54, 1.807) is 39.7 Å². The maximum atomic E-state index is 5.48. The Hall–Kier alpha value is -1.68. The highest BCUT2D eigenvalue weighted by Crippen LogP contribution is 2.34. The van der Waals surface area contributed by atoms with Crippen LogP contribution in [0.25, 0.3) is 0 Å². The molecule has 0 spiro atoms. The molecule has 1 N–H and O–H groups in total. The van der Waals surface area contributed by atoms with E-state index >= 15 is 0 Å². The summed E-state index contributed by atoms with van der Waals surface area (Å²) in [6, 6.07) is 7.99. The number of aliphatic imine (C=N–C) groups is 1. The lowest BCUT2D eigenvalue weighted by molar-refractivity contribution is 0.347. The van der Waals surface area contributed by atoms with Crippen molar-refractivity contribution in [2.24, 2.45) is 4.99 Å². The zero-order valence-electron chi connectivity index (χ0n) is 16.4. The Labute approximate surface area is 182 Å². The maximum absolute atomic E-state index is 5.48. The molecule has 0 atom stereocenters. The van der Waals surface area contributed by atoms with Crippen LogP contribution in [0.1, 0.15) is 10.4 Å². The Bertz CT molecular complexity index is 723. The van der Waals surface area contributed by atoms with E-state index in [1.165, 1.54) is 4.88 Å². The van der Waals surface area contributed by atoms with Crippen molar-refractivity contribution in [3.8, 4) is 17.2 Å². The number of rotatable bonds is 8. The molecular formula is C19H28IN3O3S. The van der Waals surface area contributed by atoms with Crippen LogP contribution in [0.15, 0.2) is 34.6 Å². The van der Waals surface area contributed by atoms with Gasteiger partial charge in [0.2, 0.25) is 0 Å². The number of ether oxygens (including phenoxy) is 3. The fraction of sp³-hybridized carbons (Fsp3) is 0.421. The first kappa shape index (κ1) is 23.4. The molecule has 0 aliphatic rings. The van der Waals surface area contributed by atoms with E-state index in [2.05, 4.69) is 32.7 Å². The number of halogens is 1. The summed E-state index contributed by atoms with van der Waals surface area (Å²) in [7, 11) is 8.70. The van der Waals surface area contributed by atoms with Crippen molar-refractivity contribution in [1.29, 1.82) is 0 Å². The third kappa shape index (κ3) is 6.46. The molecule has 0 unspecified atom stereocenters. The van der Waals surface area contributed by atoms with Crippen molar-refractivity contribution in [2.45, 2.75) is 13.0 Å². The van der Waals surface area contributed by atoms with E-state index in [-0.39, 0.29) is 24.0 Å². The van der Waals surface area contributed by atoms with Crippen molar-refractivity contribution in [3.05, 3.63) is 40.1 Å². The summed E-state index contributed by atoms with van der Waals surface area (Å²) in [5.41, 5.74) is 0.970. The third-order valence-electron chi connectivity index (χ3n) is 4.07. The fourth-order valence-corrected chi connectivity index (χ4v) is 3.33. The summed E-state index contributed by atoms with van der Waals surface area (Å²) in [6.45, 7) is 1.46. The summed E-state index contributed by atoms with van der Waals surface area (Å²) in [5.74, 6) is 2.89. The number of nitrogens with one attached hydrogen (secondary N) is 1. The molecule has 150 valence electrons. The van der Waals surface area contributed by atoms with Crippen molar-refractivity contribution in [1.82, 2.24) is 10.2 Å². The molecule has 0 bridgehead atoms. The SMILES string of the molecule is CN=C(NCc1cc(OC)c(OC)cc1OC)N(C)CCc1cccs1.I. The Balaban J connectivity index is 0.00000364. The molecule has 1 heterocycles. The number of benzene rings is 1. The maximum Gasteiger partial charge on any atom is 0.193 e. The summed E-state index contributed by atoms with van der Waals surface area (Å²) >= 11 is 1.78. The summed E-state index contributed by atoms with van der Waals surface area (Å²) < 4.78 is 16.2. The van der Waals surface area contributed by atoms with Crippen LogP contribution in [0.3, 0.4) is 0 Å². The molecule has 0 fully saturated rings. The van der Waals surface area contributed by atoms with E-state index in [9.17, 15) is 0 Å². The van der Waals surface area contributed by atoms with Crippen LogP contribution in [0.4, 0.5) is 0 Å². The number of likely N-dealkylation sites (N-methyl/N-ethyl adjacent to an activating group) is 1. The summed E-state index contributed by atoms with van der Waals surface area (Å²) in [4.78, 5) is 7.86. The molecule has 0 saturated heterocycles. The highest BCUT2D eigenvalue weighted by molar-refractivity contribution is 14.0. The molecule has 27 heavy (non-hydrogen) atoms. The highest BCUT2D eigenvalue weighted by atomic mass is 127. The minimum atomic E-state index is 0. The van der Waals surface area contributed by atoms with Gasteiger partial charge >= 0.3 is 0 Å². The van der Waals surface area contributed by atoms with Crippen LogP contribution in [0.2, 0.25) is 0 Å². The van der Waals surface area contributed by atoms with Crippen molar-refractivity contribution in [2.75, 3.05) is 42.0 Å². The number of nitrogens with zero attached hydrogens (tertiary/aromatic N) is 2. The van der Waals surface area contributed by atoms with Gasteiger partial charge in [-0.25, -0.2) is 0 Å². The Morgan fingerprint density at radius 1 is 1.11 bits per heavy atom. The predicted octanol–water partition coefficient (Wildman–Crippen LogP) is 3.64. The molecule has 2 aromatic rings. The van der Waals surface area contributed by atoms with Gasteiger partial charge in [0.15, 0.2) is 17.5 Å². The van der Waals surface area contributed by atoms with Gasteiger partial charge in [-0.15, -0.1) is 35.3 Å². The lowest BCUT2D eigenvalue weighted by atomic mass is 10.1. The zero-order chi connectivity index (χ0) is 18.9. The molecule has 0 amide bonds. The first-order valence-corrected chi connectivity index (χ1v) is 9.24. The van der Waals surface area contributed by atoms with Crippen LogP contribution in [0.5, 0.6) is 17.2 Å². The lowest BCUT2D eigenvalue weighted by Gasteiger charge is -2.22. The zero-order valence-corrected chi connectivity index (χ0v) is 19.6. The van der Waals surface area contributed by atoms with E-state index in [0.717, 1.165) is 30.2 Å². The molecule has 0 aliphatic carbocycles. The van der Waals surface area contributed by atoms with Gasteiger partial charge in [-0.2, -0.15) is 0 Å². The molecular weight excluding hydrogens is 477 g/mol. The lowest BCUT2D eigenvalue weighted by Crippen LogP contribution is -2.39. The average molecular weight is 505 g/mol. The second-order valence-corrected chi connectivity index (χ2v) is 6.70. The highest BCUT2D eigenvalue weighted by Gasteiger charge is 2.13. The average Bonchev–Trinajstić information content (AvgIpc) is 3.19. The van der Waals surface area contributed by atoms with Crippen LogP contribution in [0, 0.1) is 0 Å². The number of guanidine groups is 1. The van der Waals surface area contributed by atoms with Gasteiger partial charge in [0.1, 0.15) is 5.75 Å². The topological polar surface area (TPSA) is 55.3 Å². The smallest absolute Gasteiger partial charge is 0.193 e. The van der Waals surface area contributed by atoms with E-state index in [1.807, 2.05) is 19.2 Å². The van der Waals surface area contributed by atoms with Gasteiger partial charge in [-0.3, -0.25) is 4.99 Å². The molecule has 0 saturated carbocycles. The standard InChI is InChI=1S/C19H27N3O3S.HI/c1-20-19(22(2)9-8-15-7-6-10-26-15)21-13-14-11-17(24-4)18(25-5)12-16(14)23-3;/h6-7,10-12H,8-9,13H2,1-5H3,(H,20,21);1H. The molecule has 6 nitrogen and oxygen atoms in total. The van der Waals surface area contributed by atoms with E-state index in [0.29, 0.717) is 18.0 Å². The number of methoxy groups -OCH3 is 3. The first-order chi connectivity index (χ1) is 12.6. The fourth-order valence-electron chi connectivity index (χ4n) is 2.63. The van der Waals surface area contributed by atoms with Gasteiger partial charge < -0.3 is 24.4 Å². The van der Waals surface area contributed by atoms with E-state index < -0.39 is 0 Å². The van der Waals surface area contributed by atoms with Crippen LogP contribution < -0.4 is 19.5 Å². The largest absolute Gasteiger partial charge is 0.496 e. The Morgan fingerprint density at radius 3 is 2.33 bits per heavy atom. The molecule has 8 heteroatoms. The summed E-state index contributed by atoms with van der Waals surface area (Å²) in [5, 5.41) is 5.48. The van der Waals surface area contributed by atoms with Crippen molar-refractivity contribution >= 4 is 41.3 Å². The number of hydrogen-bond acceptors (Lipinski definition) is 5. The van der Waals surface area contributed by atoms with Gasteiger partial charge in [0.25, 0.3) is 0 Å². The first-order valence-electron chi connectivity index (χ1n) is 8.36. The Morgan fingerprint density at radius 2 is 1.78 bits per heavy atom. The van der Waals surface area contributed by atoms with Crippen LogP contribution in [-0.4, -0.2) is 52.8 Å². The minimum absolute atomic E-state index is 0. The number of hydrogen-bond donors (Lipinski definition) is 1. The predicted molar refractivity (Wildman–Crippen MR) is 122 cm³/mol. The molecule has 1 aromatic heterocycles. The molecule has 1 aromatic carbocycles. The van der Waals surface area contributed by atoms with E-state index in [4.69, 9.17) is 14.2 Å². The monoisotopic (exact) mass is 505 g/mol. The Kier molecular flexibility index (Phi) is 10.3. The van der Waals surface area contributed by atoms with Gasteiger partial charge in [0, 0.05) is 43.7 Å². The van der Waals surface area contributed by atoms with Crippen molar-refractivity contribution < 1.29 is 14.2 Å². The van der Waals surface area contributed by atoms with Crippen molar-refractivity contribution in [3.63, 3.8) is 0 Å². The second-order valence-electron chi connectivity index (χ2n) is 5.67. The quantitative estimate of drug-likeness (QED) is 0.338. The van der Waals surface area contributed by atoms with Gasteiger partial charge in [-0.05, 0) is 23.9 Å². The third-order valence-corrected chi connectivity index (χ3v) is 5.01. The minimum Gasteiger partial charge on any atom is -0.496 e.